The molecule has 2 aromatic rings. The third kappa shape index (κ3) is 3.31. The lowest BCUT2D eigenvalue weighted by Gasteiger charge is -2.12. The standard InChI is InChI=1S/C14H13BrClNO/c1-9-2-3-10(13(16)4-9)6-14(18)11-5-12(15)8-17-7-11/h2-5,7-8,14,18H,6H2,1H3. The van der Waals surface area contributed by atoms with E-state index in [9.17, 15) is 5.11 Å². The maximum absolute atomic E-state index is 10.2. The van der Waals surface area contributed by atoms with E-state index in [1.165, 1.54) is 0 Å². The van der Waals surface area contributed by atoms with Crippen molar-refractivity contribution in [1.29, 1.82) is 0 Å². The molecule has 18 heavy (non-hydrogen) atoms. The summed E-state index contributed by atoms with van der Waals surface area (Å²) in [5.41, 5.74) is 2.83. The normalized spacial score (nSPS) is 12.4. The molecule has 0 aliphatic rings. The number of aliphatic hydroxyl groups is 1. The van der Waals surface area contributed by atoms with Gasteiger partial charge in [-0.1, -0.05) is 23.7 Å². The summed E-state index contributed by atoms with van der Waals surface area (Å²) < 4.78 is 0.856. The van der Waals surface area contributed by atoms with E-state index in [-0.39, 0.29) is 0 Å². The van der Waals surface area contributed by atoms with Gasteiger partial charge in [0.25, 0.3) is 0 Å². The van der Waals surface area contributed by atoms with Crippen LogP contribution in [0, 0.1) is 6.92 Å². The molecule has 1 aromatic heterocycles. The molecule has 0 fully saturated rings. The van der Waals surface area contributed by atoms with E-state index in [1.54, 1.807) is 12.4 Å². The Balaban J connectivity index is 2.18. The number of benzene rings is 1. The van der Waals surface area contributed by atoms with E-state index in [4.69, 9.17) is 11.6 Å². The summed E-state index contributed by atoms with van der Waals surface area (Å²) in [6, 6.07) is 7.71. The second-order valence-electron chi connectivity index (χ2n) is 4.25. The third-order valence-electron chi connectivity index (χ3n) is 2.73. The number of rotatable bonds is 3. The Morgan fingerprint density at radius 1 is 1.33 bits per heavy atom. The van der Waals surface area contributed by atoms with E-state index in [1.807, 2.05) is 31.2 Å². The van der Waals surface area contributed by atoms with Gasteiger partial charge in [-0.3, -0.25) is 4.98 Å². The highest BCUT2D eigenvalue weighted by Gasteiger charge is 2.11. The quantitative estimate of drug-likeness (QED) is 0.922. The van der Waals surface area contributed by atoms with Crippen LogP contribution in [0.4, 0.5) is 0 Å². The Morgan fingerprint density at radius 3 is 2.78 bits per heavy atom. The van der Waals surface area contributed by atoms with Gasteiger partial charge < -0.3 is 5.11 Å². The summed E-state index contributed by atoms with van der Waals surface area (Å²) in [7, 11) is 0. The smallest absolute Gasteiger partial charge is 0.0846 e. The first kappa shape index (κ1) is 13.5. The molecule has 0 saturated carbocycles. The number of hydrogen-bond donors (Lipinski definition) is 1. The Morgan fingerprint density at radius 2 is 2.11 bits per heavy atom. The van der Waals surface area contributed by atoms with Crippen molar-refractivity contribution in [3.63, 3.8) is 0 Å². The summed E-state index contributed by atoms with van der Waals surface area (Å²) in [6.07, 6.45) is 3.24. The van der Waals surface area contributed by atoms with Gasteiger partial charge in [0.05, 0.1) is 6.10 Å². The van der Waals surface area contributed by atoms with Crippen LogP contribution in [-0.2, 0) is 6.42 Å². The fourth-order valence-corrected chi connectivity index (χ4v) is 2.45. The van der Waals surface area contributed by atoms with Gasteiger partial charge in [-0.05, 0) is 46.1 Å². The van der Waals surface area contributed by atoms with E-state index >= 15 is 0 Å². The zero-order chi connectivity index (χ0) is 13.1. The molecule has 2 rings (SSSR count). The topological polar surface area (TPSA) is 33.1 Å². The van der Waals surface area contributed by atoms with E-state index < -0.39 is 6.10 Å². The Labute approximate surface area is 120 Å². The van der Waals surface area contributed by atoms with Crippen LogP contribution in [0.15, 0.2) is 41.1 Å². The van der Waals surface area contributed by atoms with Crippen molar-refractivity contribution in [1.82, 2.24) is 4.98 Å². The average Bonchev–Trinajstić information content (AvgIpc) is 2.32. The predicted octanol–water partition coefficient (Wildman–Crippen LogP) is 4.08. The van der Waals surface area contributed by atoms with Gasteiger partial charge in [-0.15, -0.1) is 0 Å². The second-order valence-corrected chi connectivity index (χ2v) is 5.57. The molecule has 0 spiro atoms. The number of aromatic nitrogens is 1. The number of nitrogens with zero attached hydrogens (tertiary/aromatic N) is 1. The molecule has 1 aromatic carbocycles. The molecule has 1 unspecified atom stereocenters. The minimum atomic E-state index is -0.602. The average molecular weight is 327 g/mol. The maximum Gasteiger partial charge on any atom is 0.0846 e. The van der Waals surface area contributed by atoms with Crippen LogP contribution < -0.4 is 0 Å². The van der Waals surface area contributed by atoms with Crippen molar-refractivity contribution >= 4 is 27.5 Å². The van der Waals surface area contributed by atoms with Crippen LogP contribution in [0.5, 0.6) is 0 Å². The van der Waals surface area contributed by atoms with Gasteiger partial charge in [0.2, 0.25) is 0 Å². The summed E-state index contributed by atoms with van der Waals surface area (Å²) in [5.74, 6) is 0. The van der Waals surface area contributed by atoms with Gasteiger partial charge in [0.15, 0.2) is 0 Å². The molecule has 1 N–H and O–H groups in total. The van der Waals surface area contributed by atoms with Crippen LogP contribution in [0.2, 0.25) is 5.02 Å². The number of aliphatic hydroxyl groups excluding tert-OH is 1. The van der Waals surface area contributed by atoms with Crippen LogP contribution in [0.25, 0.3) is 0 Å². The van der Waals surface area contributed by atoms with Gasteiger partial charge in [0, 0.05) is 33.9 Å². The lowest BCUT2D eigenvalue weighted by molar-refractivity contribution is 0.178. The second kappa shape index (κ2) is 5.83. The molecule has 0 saturated heterocycles. The fraction of sp³-hybridized carbons (Fsp3) is 0.214. The highest BCUT2D eigenvalue weighted by Crippen LogP contribution is 2.25. The molecule has 1 heterocycles. The molecule has 4 heteroatoms. The van der Waals surface area contributed by atoms with Crippen molar-refractivity contribution in [3.05, 3.63) is 62.8 Å². The first-order chi connectivity index (χ1) is 8.56. The molecule has 94 valence electrons. The molecular weight excluding hydrogens is 314 g/mol. The van der Waals surface area contributed by atoms with Crippen molar-refractivity contribution in [2.45, 2.75) is 19.4 Å². The third-order valence-corrected chi connectivity index (χ3v) is 3.52. The zero-order valence-corrected chi connectivity index (χ0v) is 12.2. The SMILES string of the molecule is Cc1ccc(CC(O)c2cncc(Br)c2)c(Cl)c1. The fourth-order valence-electron chi connectivity index (χ4n) is 1.75. The van der Waals surface area contributed by atoms with E-state index in [0.717, 1.165) is 21.2 Å². The number of halogens is 2. The van der Waals surface area contributed by atoms with E-state index in [2.05, 4.69) is 20.9 Å². The Bertz CT molecular complexity index is 559. The summed E-state index contributed by atoms with van der Waals surface area (Å²) in [6.45, 7) is 1.99. The summed E-state index contributed by atoms with van der Waals surface area (Å²) in [5, 5.41) is 10.9. The van der Waals surface area contributed by atoms with Crippen LogP contribution in [0.3, 0.4) is 0 Å². The largest absolute Gasteiger partial charge is 0.388 e. The molecule has 0 bridgehead atoms. The zero-order valence-electron chi connectivity index (χ0n) is 9.90. The van der Waals surface area contributed by atoms with Crippen LogP contribution in [-0.4, -0.2) is 10.1 Å². The van der Waals surface area contributed by atoms with Crippen LogP contribution >= 0.6 is 27.5 Å². The highest BCUT2D eigenvalue weighted by molar-refractivity contribution is 9.10. The van der Waals surface area contributed by atoms with Crippen molar-refractivity contribution in [2.24, 2.45) is 0 Å². The first-order valence-corrected chi connectivity index (χ1v) is 6.77. The Hall–Kier alpha value is -0.900. The molecule has 0 aliphatic carbocycles. The molecule has 1 atom stereocenters. The van der Waals surface area contributed by atoms with Crippen LogP contribution in [0.1, 0.15) is 22.8 Å². The summed E-state index contributed by atoms with van der Waals surface area (Å²) in [4.78, 5) is 4.04. The molecular formula is C14H13BrClNO. The van der Waals surface area contributed by atoms with Gasteiger partial charge in [-0.2, -0.15) is 0 Å². The minimum Gasteiger partial charge on any atom is -0.388 e. The predicted molar refractivity (Wildman–Crippen MR) is 76.8 cm³/mol. The number of aryl methyl sites for hydroxylation is 1. The Kier molecular flexibility index (Phi) is 4.38. The lowest BCUT2D eigenvalue weighted by atomic mass is 10.0. The van der Waals surface area contributed by atoms with Gasteiger partial charge in [-0.25, -0.2) is 0 Å². The van der Waals surface area contributed by atoms with Gasteiger partial charge in [0.1, 0.15) is 0 Å². The number of pyridine rings is 1. The van der Waals surface area contributed by atoms with E-state index in [0.29, 0.717) is 11.4 Å². The van der Waals surface area contributed by atoms with Crippen molar-refractivity contribution < 1.29 is 5.11 Å². The molecule has 2 nitrogen and oxygen atoms in total. The minimum absolute atomic E-state index is 0.483. The maximum atomic E-state index is 10.2. The molecule has 0 amide bonds. The van der Waals surface area contributed by atoms with Crippen molar-refractivity contribution in [3.8, 4) is 0 Å². The lowest BCUT2D eigenvalue weighted by Crippen LogP contribution is -2.03. The van der Waals surface area contributed by atoms with Gasteiger partial charge >= 0.3 is 0 Å². The number of hydrogen-bond acceptors (Lipinski definition) is 2. The highest BCUT2D eigenvalue weighted by atomic mass is 79.9. The molecule has 0 aliphatic heterocycles. The summed E-state index contributed by atoms with van der Waals surface area (Å²) >= 11 is 9.50. The monoisotopic (exact) mass is 325 g/mol. The van der Waals surface area contributed by atoms with Crippen molar-refractivity contribution in [2.75, 3.05) is 0 Å². The first-order valence-electron chi connectivity index (χ1n) is 5.60. The molecule has 0 radical (unpaired) electrons.